The summed E-state index contributed by atoms with van der Waals surface area (Å²) in [7, 11) is 0. The van der Waals surface area contributed by atoms with Gasteiger partial charge in [0.1, 0.15) is 0 Å². The van der Waals surface area contributed by atoms with Crippen molar-refractivity contribution in [2.24, 2.45) is 5.92 Å². The second kappa shape index (κ2) is 8.27. The molecule has 5 nitrogen and oxygen atoms in total. The molecular formula is C18H21NO4. The van der Waals surface area contributed by atoms with E-state index in [1.165, 1.54) is 6.92 Å². The van der Waals surface area contributed by atoms with Gasteiger partial charge in [-0.25, -0.2) is 0 Å². The predicted molar refractivity (Wildman–Crippen MR) is 85.7 cm³/mol. The van der Waals surface area contributed by atoms with Crippen LogP contribution in [0.3, 0.4) is 0 Å². The first-order valence-electron chi connectivity index (χ1n) is 7.73. The highest BCUT2D eigenvalue weighted by atomic mass is 16.5. The lowest BCUT2D eigenvalue weighted by Gasteiger charge is -2.08. The molecule has 0 saturated heterocycles. The van der Waals surface area contributed by atoms with Gasteiger partial charge in [-0.05, 0) is 24.3 Å². The fraction of sp³-hybridized carbons (Fsp3) is 0.389. The van der Waals surface area contributed by atoms with Gasteiger partial charge >= 0.3 is 5.97 Å². The van der Waals surface area contributed by atoms with E-state index in [1.54, 1.807) is 24.3 Å². The molecule has 5 heteroatoms. The van der Waals surface area contributed by atoms with Gasteiger partial charge in [-0.2, -0.15) is 0 Å². The average molecular weight is 315 g/mol. The third kappa shape index (κ3) is 5.70. The Balaban J connectivity index is 1.77. The maximum Gasteiger partial charge on any atom is 0.306 e. The Labute approximate surface area is 135 Å². The number of esters is 1. The highest BCUT2D eigenvalue weighted by Crippen LogP contribution is 2.20. The van der Waals surface area contributed by atoms with Crippen molar-refractivity contribution in [3.63, 3.8) is 0 Å². The largest absolute Gasteiger partial charge is 0.457 e. The number of amides is 1. The van der Waals surface area contributed by atoms with Crippen LogP contribution in [0, 0.1) is 5.92 Å². The first kappa shape index (κ1) is 16.9. The summed E-state index contributed by atoms with van der Waals surface area (Å²) in [4.78, 5) is 34.5. The molecule has 1 N–H and O–H groups in total. The summed E-state index contributed by atoms with van der Waals surface area (Å²) in [6.45, 7) is 1.64. The monoisotopic (exact) mass is 315 g/mol. The molecule has 0 saturated carbocycles. The summed E-state index contributed by atoms with van der Waals surface area (Å²) in [5.74, 6) is -0.427. The van der Waals surface area contributed by atoms with E-state index in [0.29, 0.717) is 18.5 Å². The highest BCUT2D eigenvalue weighted by molar-refractivity contribution is 5.98. The standard InChI is InChI=1S/C18H21NO4/c1-13(20)19-11-15-6-8-16(9-7-15)17(21)12-23-18(22)10-14-4-2-3-5-14/h2,4,6-9,14H,3,5,10-12H2,1H3,(H,19,20)/t14-/m1/s1. The fourth-order valence-electron chi connectivity index (χ4n) is 2.40. The number of Topliss-reactive ketones (excluding diaryl/α,β-unsaturated/α-hetero) is 1. The van der Waals surface area contributed by atoms with Crippen LogP contribution in [0.25, 0.3) is 0 Å². The third-order valence-electron chi connectivity index (χ3n) is 3.72. The van der Waals surface area contributed by atoms with Crippen LogP contribution in [0.15, 0.2) is 36.4 Å². The predicted octanol–water partition coefficient (Wildman–Crippen LogP) is 2.40. The lowest BCUT2D eigenvalue weighted by atomic mass is 10.1. The minimum absolute atomic E-state index is 0.103. The summed E-state index contributed by atoms with van der Waals surface area (Å²) < 4.78 is 5.05. The molecule has 0 bridgehead atoms. The summed E-state index contributed by atoms with van der Waals surface area (Å²) in [6, 6.07) is 6.89. The lowest BCUT2D eigenvalue weighted by molar-refractivity contribution is -0.143. The number of ether oxygens (including phenoxy) is 1. The van der Waals surface area contributed by atoms with Gasteiger partial charge in [-0.3, -0.25) is 14.4 Å². The molecule has 122 valence electrons. The number of nitrogens with one attached hydrogen (secondary N) is 1. The number of carbonyl (C=O) groups is 3. The second-order valence-corrected chi connectivity index (χ2v) is 5.66. The lowest BCUT2D eigenvalue weighted by Crippen LogP contribution is -2.19. The van der Waals surface area contributed by atoms with Crippen LogP contribution in [0.1, 0.15) is 42.1 Å². The Morgan fingerprint density at radius 2 is 1.96 bits per heavy atom. The molecule has 1 aliphatic rings. The van der Waals surface area contributed by atoms with Crippen LogP contribution >= 0.6 is 0 Å². The van der Waals surface area contributed by atoms with Gasteiger partial charge in [-0.1, -0.05) is 36.4 Å². The molecule has 0 aromatic heterocycles. The Bertz CT molecular complexity index is 604. The van der Waals surface area contributed by atoms with Gasteiger partial charge in [0.25, 0.3) is 0 Å². The number of carbonyl (C=O) groups excluding carboxylic acids is 3. The second-order valence-electron chi connectivity index (χ2n) is 5.66. The number of hydrogen-bond donors (Lipinski definition) is 1. The number of ketones is 1. The minimum Gasteiger partial charge on any atom is -0.457 e. The Kier molecular flexibility index (Phi) is 6.09. The molecule has 0 aliphatic heterocycles. The molecule has 23 heavy (non-hydrogen) atoms. The molecule has 1 aliphatic carbocycles. The van der Waals surface area contributed by atoms with Gasteiger partial charge in [-0.15, -0.1) is 0 Å². The van der Waals surface area contributed by atoms with E-state index in [-0.39, 0.29) is 30.2 Å². The van der Waals surface area contributed by atoms with Crippen molar-refractivity contribution in [3.8, 4) is 0 Å². The first-order chi connectivity index (χ1) is 11.0. The molecular weight excluding hydrogens is 294 g/mol. The smallest absolute Gasteiger partial charge is 0.306 e. The molecule has 0 radical (unpaired) electrons. The van der Waals surface area contributed by atoms with Gasteiger partial charge < -0.3 is 10.1 Å². The highest BCUT2D eigenvalue weighted by Gasteiger charge is 2.16. The van der Waals surface area contributed by atoms with Crippen molar-refractivity contribution in [2.75, 3.05) is 6.61 Å². The summed E-state index contributed by atoms with van der Waals surface area (Å²) in [5, 5.41) is 2.69. The fourth-order valence-corrected chi connectivity index (χ4v) is 2.40. The molecule has 1 aromatic carbocycles. The van der Waals surface area contributed by atoms with Gasteiger partial charge in [0.15, 0.2) is 12.4 Å². The zero-order chi connectivity index (χ0) is 16.7. The Hall–Kier alpha value is -2.43. The van der Waals surface area contributed by atoms with E-state index in [9.17, 15) is 14.4 Å². The minimum atomic E-state index is -0.336. The third-order valence-corrected chi connectivity index (χ3v) is 3.72. The Morgan fingerprint density at radius 3 is 2.57 bits per heavy atom. The summed E-state index contributed by atoms with van der Waals surface area (Å²) >= 11 is 0. The van der Waals surface area contributed by atoms with Crippen molar-refractivity contribution in [3.05, 3.63) is 47.5 Å². The average Bonchev–Trinajstić information content (AvgIpc) is 3.04. The Morgan fingerprint density at radius 1 is 1.22 bits per heavy atom. The van der Waals surface area contributed by atoms with Crippen molar-refractivity contribution >= 4 is 17.7 Å². The number of benzene rings is 1. The molecule has 0 spiro atoms. The summed E-state index contributed by atoms with van der Waals surface area (Å²) in [6.07, 6.45) is 6.39. The molecule has 1 aromatic rings. The molecule has 1 atom stereocenters. The van der Waals surface area contributed by atoms with E-state index < -0.39 is 0 Å². The topological polar surface area (TPSA) is 72.5 Å². The van der Waals surface area contributed by atoms with Crippen LogP contribution in [0.2, 0.25) is 0 Å². The van der Waals surface area contributed by atoms with Gasteiger partial charge in [0, 0.05) is 19.0 Å². The van der Waals surface area contributed by atoms with E-state index in [2.05, 4.69) is 11.4 Å². The quantitative estimate of drug-likeness (QED) is 0.476. The van der Waals surface area contributed by atoms with Gasteiger partial charge in [0.2, 0.25) is 5.91 Å². The number of rotatable bonds is 7. The maximum atomic E-state index is 12.0. The molecule has 1 amide bonds. The normalized spacial score (nSPS) is 16.1. The van der Waals surface area contributed by atoms with Crippen LogP contribution < -0.4 is 5.32 Å². The van der Waals surface area contributed by atoms with Gasteiger partial charge in [0.05, 0.1) is 6.42 Å². The van der Waals surface area contributed by atoms with Crippen LogP contribution in [-0.2, 0) is 20.9 Å². The van der Waals surface area contributed by atoms with E-state index in [0.717, 1.165) is 18.4 Å². The number of hydrogen-bond acceptors (Lipinski definition) is 4. The van der Waals surface area contributed by atoms with Crippen LogP contribution in [0.5, 0.6) is 0 Å². The van der Waals surface area contributed by atoms with Crippen LogP contribution in [-0.4, -0.2) is 24.3 Å². The van der Waals surface area contributed by atoms with Crippen molar-refractivity contribution < 1.29 is 19.1 Å². The van der Waals surface area contributed by atoms with Crippen molar-refractivity contribution in [1.82, 2.24) is 5.32 Å². The summed E-state index contributed by atoms with van der Waals surface area (Å²) in [5.41, 5.74) is 1.40. The van der Waals surface area contributed by atoms with E-state index in [1.807, 2.05) is 6.08 Å². The first-order valence-corrected chi connectivity index (χ1v) is 7.73. The maximum absolute atomic E-state index is 12.0. The zero-order valence-electron chi connectivity index (χ0n) is 13.2. The van der Waals surface area contributed by atoms with E-state index in [4.69, 9.17) is 4.74 Å². The zero-order valence-corrected chi connectivity index (χ0v) is 13.2. The SMILES string of the molecule is CC(=O)NCc1ccc(C(=O)COC(=O)C[C@@H]2C=CCC2)cc1. The van der Waals surface area contributed by atoms with E-state index >= 15 is 0 Å². The van der Waals surface area contributed by atoms with Crippen molar-refractivity contribution in [1.29, 1.82) is 0 Å². The molecule has 2 rings (SSSR count). The molecule has 0 heterocycles. The van der Waals surface area contributed by atoms with Crippen molar-refractivity contribution in [2.45, 2.75) is 32.7 Å². The van der Waals surface area contributed by atoms with Crippen LogP contribution in [0.4, 0.5) is 0 Å². The number of allylic oxidation sites excluding steroid dienone is 2. The molecule has 0 fully saturated rings. The molecule has 0 unspecified atom stereocenters.